The number of amides is 1. The highest BCUT2D eigenvalue weighted by atomic mass is 16.2. The first-order chi connectivity index (χ1) is 11.6. The van der Waals surface area contributed by atoms with Crippen LogP contribution in [0.2, 0.25) is 0 Å². The number of carbonyl (C=O) groups excluding carboxylic acids is 1. The van der Waals surface area contributed by atoms with Crippen LogP contribution in [-0.2, 0) is 11.8 Å². The van der Waals surface area contributed by atoms with Gasteiger partial charge in [0.05, 0.1) is 6.04 Å². The lowest BCUT2D eigenvalue weighted by atomic mass is 9.87. The Labute approximate surface area is 142 Å². The van der Waals surface area contributed by atoms with Crippen LogP contribution in [0.4, 0.5) is 5.82 Å². The van der Waals surface area contributed by atoms with Crippen LogP contribution in [-0.4, -0.2) is 43.4 Å². The number of carbonyl (C=O) groups is 1. The average Bonchev–Trinajstić information content (AvgIpc) is 2.99. The molecular formula is C17H24N6O. The van der Waals surface area contributed by atoms with E-state index >= 15 is 0 Å². The third kappa shape index (κ3) is 3.25. The third-order valence-corrected chi connectivity index (χ3v) is 4.64. The molecule has 3 heterocycles. The molecule has 3 rings (SSSR count). The molecule has 0 radical (unpaired) electrons. The zero-order valence-corrected chi connectivity index (χ0v) is 14.4. The highest BCUT2D eigenvalue weighted by Gasteiger charge is 2.38. The number of hydrogen-bond acceptors (Lipinski definition) is 5. The second-order valence-electron chi connectivity index (χ2n) is 6.25. The first kappa shape index (κ1) is 16.4. The Balaban J connectivity index is 1.81. The van der Waals surface area contributed by atoms with Crippen LogP contribution < -0.4 is 5.32 Å². The molecule has 0 spiro atoms. The van der Waals surface area contributed by atoms with Gasteiger partial charge in [-0.05, 0) is 20.3 Å². The van der Waals surface area contributed by atoms with Crippen LogP contribution in [0.3, 0.4) is 0 Å². The molecule has 0 aliphatic carbocycles. The number of nitrogens with one attached hydrogen (secondary N) is 1. The van der Waals surface area contributed by atoms with Crippen LogP contribution in [0.1, 0.15) is 37.3 Å². The summed E-state index contributed by atoms with van der Waals surface area (Å²) in [5, 5.41) is 3.40. The van der Waals surface area contributed by atoms with E-state index in [0.29, 0.717) is 18.9 Å². The highest BCUT2D eigenvalue weighted by Crippen LogP contribution is 2.35. The zero-order chi connectivity index (χ0) is 17.1. The van der Waals surface area contributed by atoms with Gasteiger partial charge in [-0.2, -0.15) is 0 Å². The van der Waals surface area contributed by atoms with Crippen LogP contribution in [0.15, 0.2) is 24.8 Å². The number of aryl methyl sites for hydroxylation is 2. The molecule has 2 aromatic heterocycles. The van der Waals surface area contributed by atoms with Gasteiger partial charge in [0.15, 0.2) is 0 Å². The van der Waals surface area contributed by atoms with E-state index in [0.717, 1.165) is 30.3 Å². The van der Waals surface area contributed by atoms with Crippen molar-refractivity contribution in [3.63, 3.8) is 0 Å². The zero-order valence-electron chi connectivity index (χ0n) is 14.4. The molecule has 0 aromatic carbocycles. The first-order valence-corrected chi connectivity index (χ1v) is 8.39. The van der Waals surface area contributed by atoms with Crippen LogP contribution in [0, 0.1) is 12.8 Å². The van der Waals surface area contributed by atoms with E-state index < -0.39 is 0 Å². The number of piperidine rings is 1. The van der Waals surface area contributed by atoms with Gasteiger partial charge in [0, 0.05) is 56.6 Å². The fourth-order valence-corrected chi connectivity index (χ4v) is 3.41. The quantitative estimate of drug-likeness (QED) is 0.907. The van der Waals surface area contributed by atoms with Crippen molar-refractivity contribution in [2.75, 3.05) is 18.4 Å². The van der Waals surface area contributed by atoms with Crippen molar-refractivity contribution >= 4 is 11.7 Å². The van der Waals surface area contributed by atoms with Gasteiger partial charge in [-0.1, -0.05) is 0 Å². The molecule has 7 heteroatoms. The van der Waals surface area contributed by atoms with Crippen LogP contribution in [0.25, 0.3) is 0 Å². The van der Waals surface area contributed by atoms with E-state index in [9.17, 15) is 4.79 Å². The predicted octanol–water partition coefficient (Wildman–Crippen LogP) is 1.93. The summed E-state index contributed by atoms with van der Waals surface area (Å²) in [6.07, 6.45) is 6.73. The smallest absolute Gasteiger partial charge is 0.223 e. The van der Waals surface area contributed by atoms with E-state index in [1.165, 1.54) is 0 Å². The van der Waals surface area contributed by atoms with Crippen molar-refractivity contribution in [2.24, 2.45) is 13.0 Å². The largest absolute Gasteiger partial charge is 0.370 e. The molecule has 2 atom stereocenters. The minimum absolute atomic E-state index is 0.00770. The summed E-state index contributed by atoms with van der Waals surface area (Å²) >= 11 is 0. The van der Waals surface area contributed by atoms with Crippen molar-refractivity contribution in [3.8, 4) is 0 Å². The molecule has 1 aliphatic heterocycles. The molecule has 1 amide bonds. The molecule has 24 heavy (non-hydrogen) atoms. The molecule has 0 unspecified atom stereocenters. The van der Waals surface area contributed by atoms with Gasteiger partial charge in [0.2, 0.25) is 5.91 Å². The van der Waals surface area contributed by atoms with Crippen molar-refractivity contribution in [1.82, 2.24) is 24.4 Å². The Morgan fingerprint density at radius 3 is 2.83 bits per heavy atom. The van der Waals surface area contributed by atoms with Gasteiger partial charge in [-0.3, -0.25) is 4.79 Å². The molecule has 7 nitrogen and oxygen atoms in total. The lowest BCUT2D eigenvalue weighted by Crippen LogP contribution is -2.45. The van der Waals surface area contributed by atoms with Crippen molar-refractivity contribution < 1.29 is 4.79 Å². The monoisotopic (exact) mass is 328 g/mol. The fraction of sp³-hybridized carbons (Fsp3) is 0.529. The SMILES string of the molecule is CCN1C(=O)CC[C@H](CNc2cc(C)ncn2)[C@H]1c1nccn1C. The first-order valence-electron chi connectivity index (χ1n) is 8.39. The molecule has 1 fully saturated rings. The van der Waals surface area contributed by atoms with Gasteiger partial charge in [-0.15, -0.1) is 0 Å². The topological polar surface area (TPSA) is 75.9 Å². The van der Waals surface area contributed by atoms with Gasteiger partial charge in [-0.25, -0.2) is 15.0 Å². The predicted molar refractivity (Wildman–Crippen MR) is 91.3 cm³/mol. The van der Waals surface area contributed by atoms with E-state index in [-0.39, 0.29) is 11.9 Å². The van der Waals surface area contributed by atoms with Crippen molar-refractivity contribution in [1.29, 1.82) is 0 Å². The summed E-state index contributed by atoms with van der Waals surface area (Å²) < 4.78 is 2.01. The summed E-state index contributed by atoms with van der Waals surface area (Å²) in [5.74, 6) is 2.26. The summed E-state index contributed by atoms with van der Waals surface area (Å²) in [6, 6.07) is 1.92. The Hall–Kier alpha value is -2.44. The summed E-state index contributed by atoms with van der Waals surface area (Å²) in [6.45, 7) is 5.41. The van der Waals surface area contributed by atoms with Gasteiger partial charge >= 0.3 is 0 Å². The van der Waals surface area contributed by atoms with E-state index in [1.54, 1.807) is 12.5 Å². The maximum Gasteiger partial charge on any atom is 0.223 e. The lowest BCUT2D eigenvalue weighted by Gasteiger charge is -2.40. The number of rotatable bonds is 5. The Morgan fingerprint density at radius 2 is 2.17 bits per heavy atom. The molecule has 1 aliphatic rings. The third-order valence-electron chi connectivity index (χ3n) is 4.64. The Morgan fingerprint density at radius 1 is 1.33 bits per heavy atom. The minimum Gasteiger partial charge on any atom is -0.370 e. The summed E-state index contributed by atoms with van der Waals surface area (Å²) in [7, 11) is 1.98. The normalized spacial score (nSPS) is 21.1. The number of anilines is 1. The molecule has 0 bridgehead atoms. The summed E-state index contributed by atoms with van der Waals surface area (Å²) in [4.78, 5) is 27.2. The second kappa shape index (κ2) is 6.98. The number of imidazole rings is 1. The van der Waals surface area contributed by atoms with E-state index in [2.05, 4.69) is 20.3 Å². The van der Waals surface area contributed by atoms with Gasteiger partial charge < -0.3 is 14.8 Å². The van der Waals surface area contributed by atoms with Gasteiger partial charge in [0.1, 0.15) is 18.0 Å². The molecule has 128 valence electrons. The average molecular weight is 328 g/mol. The van der Waals surface area contributed by atoms with Crippen LogP contribution in [0.5, 0.6) is 0 Å². The molecule has 0 saturated carbocycles. The number of likely N-dealkylation sites (tertiary alicyclic amines) is 1. The highest BCUT2D eigenvalue weighted by molar-refractivity contribution is 5.77. The lowest BCUT2D eigenvalue weighted by molar-refractivity contribution is -0.138. The van der Waals surface area contributed by atoms with Crippen LogP contribution >= 0.6 is 0 Å². The fourth-order valence-electron chi connectivity index (χ4n) is 3.41. The van der Waals surface area contributed by atoms with E-state index in [4.69, 9.17) is 0 Å². The Kier molecular flexibility index (Phi) is 4.78. The minimum atomic E-state index is -0.00770. The maximum atomic E-state index is 12.4. The molecule has 2 aromatic rings. The molecule has 1 N–H and O–H groups in total. The van der Waals surface area contributed by atoms with Crippen molar-refractivity contribution in [2.45, 2.75) is 32.7 Å². The van der Waals surface area contributed by atoms with E-state index in [1.807, 2.05) is 42.6 Å². The number of nitrogens with zero attached hydrogens (tertiary/aromatic N) is 5. The Bertz CT molecular complexity index is 713. The number of aromatic nitrogens is 4. The standard InChI is InChI=1S/C17H24N6O/c1-4-23-15(24)6-5-13(16(23)17-18-7-8-22(17)3)10-19-14-9-12(2)20-11-21-14/h7-9,11,13,16H,4-6,10H2,1-3H3,(H,19,20,21)/t13-,16+/m1/s1. The van der Waals surface area contributed by atoms with Gasteiger partial charge in [0.25, 0.3) is 0 Å². The summed E-state index contributed by atoms with van der Waals surface area (Å²) in [5.41, 5.74) is 0.933. The maximum absolute atomic E-state index is 12.4. The van der Waals surface area contributed by atoms with Crippen molar-refractivity contribution in [3.05, 3.63) is 36.3 Å². The second-order valence-corrected chi connectivity index (χ2v) is 6.25. The molecule has 1 saturated heterocycles. The molecular weight excluding hydrogens is 304 g/mol. The number of hydrogen-bond donors (Lipinski definition) is 1.